The number of hydrogen-bond acceptors (Lipinski definition) is 5. The molecule has 6 nitrogen and oxygen atoms in total. The number of hydrogen-bond donors (Lipinski definition) is 1. The summed E-state index contributed by atoms with van der Waals surface area (Å²) < 4.78 is 11.6. The minimum absolute atomic E-state index is 0.119. The van der Waals surface area contributed by atoms with Gasteiger partial charge in [0.2, 0.25) is 5.91 Å². The van der Waals surface area contributed by atoms with Gasteiger partial charge in [-0.2, -0.15) is 0 Å². The van der Waals surface area contributed by atoms with Gasteiger partial charge in [0.25, 0.3) is 0 Å². The van der Waals surface area contributed by atoms with Gasteiger partial charge in [0.05, 0.1) is 12.3 Å². The Balaban J connectivity index is 1.35. The van der Waals surface area contributed by atoms with Gasteiger partial charge in [0, 0.05) is 18.8 Å². The fourth-order valence-corrected chi connectivity index (χ4v) is 4.59. The van der Waals surface area contributed by atoms with Crippen LogP contribution in [0.5, 0.6) is 5.75 Å². The molecule has 2 heterocycles. The van der Waals surface area contributed by atoms with Crippen molar-refractivity contribution < 1.29 is 19.1 Å². The van der Waals surface area contributed by atoms with Crippen LogP contribution in [0.15, 0.2) is 24.3 Å². The van der Waals surface area contributed by atoms with E-state index >= 15 is 0 Å². The van der Waals surface area contributed by atoms with Crippen LogP contribution >= 0.6 is 0 Å². The van der Waals surface area contributed by atoms with Gasteiger partial charge in [0.1, 0.15) is 17.5 Å². The maximum atomic E-state index is 12.8. The summed E-state index contributed by atoms with van der Waals surface area (Å²) in [6.07, 6.45) is 6.12. The average Bonchev–Trinajstić information content (AvgIpc) is 3.25. The highest BCUT2D eigenvalue weighted by Gasteiger charge is 2.53. The molecule has 1 N–H and O–H groups in total. The van der Waals surface area contributed by atoms with E-state index in [1.165, 1.54) is 0 Å². The zero-order valence-corrected chi connectivity index (χ0v) is 15.9. The Labute approximate surface area is 160 Å². The Morgan fingerprint density at radius 2 is 1.85 bits per heavy atom. The molecule has 2 saturated heterocycles. The lowest BCUT2D eigenvalue weighted by atomic mass is 9.85. The second-order valence-electron chi connectivity index (χ2n) is 8.14. The SMILES string of the molecule is CN1CCC(Oc2ccc(NC(=O)C3CC(=O)OC34CCCC4)cc2)CC1. The average molecular weight is 372 g/mol. The Hall–Kier alpha value is -2.08. The molecule has 1 aromatic rings. The van der Waals surface area contributed by atoms with E-state index in [-0.39, 0.29) is 30.3 Å². The highest BCUT2D eigenvalue weighted by Crippen LogP contribution is 2.45. The summed E-state index contributed by atoms with van der Waals surface area (Å²) in [6.45, 7) is 2.12. The van der Waals surface area contributed by atoms with E-state index < -0.39 is 5.60 Å². The first-order valence-corrected chi connectivity index (χ1v) is 10.0. The molecule has 27 heavy (non-hydrogen) atoms. The molecule has 1 aliphatic carbocycles. The molecule has 146 valence electrons. The summed E-state index contributed by atoms with van der Waals surface area (Å²) in [5.74, 6) is 0.0718. The van der Waals surface area contributed by atoms with E-state index in [1.54, 1.807) is 0 Å². The molecule has 0 radical (unpaired) electrons. The monoisotopic (exact) mass is 372 g/mol. The number of carbonyl (C=O) groups excluding carboxylic acids is 2. The second-order valence-corrected chi connectivity index (χ2v) is 8.14. The van der Waals surface area contributed by atoms with Crippen molar-refractivity contribution in [3.8, 4) is 5.75 Å². The van der Waals surface area contributed by atoms with E-state index in [0.717, 1.165) is 63.1 Å². The lowest BCUT2D eigenvalue weighted by Gasteiger charge is -2.29. The van der Waals surface area contributed by atoms with Crippen molar-refractivity contribution in [2.45, 2.75) is 56.7 Å². The number of nitrogens with one attached hydrogen (secondary N) is 1. The van der Waals surface area contributed by atoms with Crippen molar-refractivity contribution in [1.82, 2.24) is 4.90 Å². The highest BCUT2D eigenvalue weighted by atomic mass is 16.6. The first kappa shape index (κ1) is 18.3. The number of nitrogens with zero attached hydrogens (tertiary/aromatic N) is 1. The van der Waals surface area contributed by atoms with Crippen LogP contribution in [0.2, 0.25) is 0 Å². The molecule has 1 atom stereocenters. The molecule has 4 rings (SSSR count). The summed E-state index contributed by atoms with van der Waals surface area (Å²) in [7, 11) is 2.13. The molecular weight excluding hydrogens is 344 g/mol. The van der Waals surface area contributed by atoms with Crippen molar-refractivity contribution in [2.24, 2.45) is 5.92 Å². The number of carbonyl (C=O) groups is 2. The van der Waals surface area contributed by atoms with Crippen LogP contribution in [0.3, 0.4) is 0 Å². The van der Waals surface area contributed by atoms with Gasteiger partial charge in [-0.15, -0.1) is 0 Å². The molecule has 1 aromatic carbocycles. The highest BCUT2D eigenvalue weighted by molar-refractivity contribution is 5.97. The van der Waals surface area contributed by atoms with E-state index in [4.69, 9.17) is 9.47 Å². The summed E-state index contributed by atoms with van der Waals surface area (Å²) in [6, 6.07) is 7.52. The van der Waals surface area contributed by atoms with Crippen LogP contribution < -0.4 is 10.1 Å². The van der Waals surface area contributed by atoms with Crippen LogP contribution in [0.4, 0.5) is 5.69 Å². The van der Waals surface area contributed by atoms with E-state index in [0.29, 0.717) is 0 Å². The van der Waals surface area contributed by atoms with Gasteiger partial charge in [-0.1, -0.05) is 0 Å². The number of likely N-dealkylation sites (tertiary alicyclic amines) is 1. The molecule has 3 aliphatic rings. The normalized spacial score (nSPS) is 25.5. The first-order chi connectivity index (χ1) is 13.0. The molecule has 2 aliphatic heterocycles. The minimum Gasteiger partial charge on any atom is -0.490 e. The van der Waals surface area contributed by atoms with Gasteiger partial charge in [-0.3, -0.25) is 9.59 Å². The fourth-order valence-electron chi connectivity index (χ4n) is 4.59. The van der Waals surface area contributed by atoms with Gasteiger partial charge in [-0.05, 0) is 69.8 Å². The standard InChI is InChI=1S/C21H28N2O4/c1-23-12-8-17(9-13-23)26-16-6-4-15(5-7-16)22-20(25)18-14-19(24)27-21(18)10-2-3-11-21/h4-7,17-18H,2-3,8-14H2,1H3,(H,22,25). The third-order valence-electron chi connectivity index (χ3n) is 6.18. The lowest BCUT2D eigenvalue weighted by Crippen LogP contribution is -2.39. The molecule has 1 amide bonds. The van der Waals surface area contributed by atoms with Crippen LogP contribution in [0, 0.1) is 5.92 Å². The molecule has 3 fully saturated rings. The number of amides is 1. The number of benzene rings is 1. The van der Waals surface area contributed by atoms with Crippen molar-refractivity contribution in [2.75, 3.05) is 25.5 Å². The lowest BCUT2D eigenvalue weighted by molar-refractivity contribution is -0.149. The first-order valence-electron chi connectivity index (χ1n) is 10.0. The molecule has 1 spiro atoms. The minimum atomic E-state index is -0.571. The largest absolute Gasteiger partial charge is 0.490 e. The molecule has 1 unspecified atom stereocenters. The molecule has 0 bridgehead atoms. The molecule has 0 aromatic heterocycles. The smallest absolute Gasteiger partial charge is 0.307 e. The summed E-state index contributed by atoms with van der Waals surface area (Å²) in [5.41, 5.74) is 0.154. The summed E-state index contributed by atoms with van der Waals surface area (Å²) >= 11 is 0. The van der Waals surface area contributed by atoms with Crippen molar-refractivity contribution in [1.29, 1.82) is 0 Å². The quantitative estimate of drug-likeness (QED) is 0.823. The van der Waals surface area contributed by atoms with Crippen LogP contribution in [-0.2, 0) is 14.3 Å². The van der Waals surface area contributed by atoms with E-state index in [9.17, 15) is 9.59 Å². The number of ether oxygens (including phenoxy) is 2. The second kappa shape index (κ2) is 7.50. The molecule has 1 saturated carbocycles. The van der Waals surface area contributed by atoms with Crippen LogP contribution in [0.1, 0.15) is 44.9 Å². The Kier molecular flexibility index (Phi) is 5.08. The van der Waals surface area contributed by atoms with Crippen LogP contribution in [-0.4, -0.2) is 48.6 Å². The van der Waals surface area contributed by atoms with E-state index in [2.05, 4.69) is 17.3 Å². The number of rotatable bonds is 4. The Morgan fingerprint density at radius 1 is 1.19 bits per heavy atom. The predicted molar refractivity (Wildman–Crippen MR) is 102 cm³/mol. The molecule has 6 heteroatoms. The zero-order chi connectivity index (χ0) is 18.9. The third kappa shape index (κ3) is 3.95. The number of esters is 1. The van der Waals surface area contributed by atoms with Crippen molar-refractivity contribution in [3.05, 3.63) is 24.3 Å². The summed E-state index contributed by atoms with van der Waals surface area (Å²) in [5, 5.41) is 2.96. The zero-order valence-electron chi connectivity index (χ0n) is 15.9. The van der Waals surface area contributed by atoms with Crippen LogP contribution in [0.25, 0.3) is 0 Å². The fraction of sp³-hybridized carbons (Fsp3) is 0.619. The third-order valence-corrected chi connectivity index (χ3v) is 6.18. The van der Waals surface area contributed by atoms with Gasteiger partial charge >= 0.3 is 5.97 Å². The van der Waals surface area contributed by atoms with Gasteiger partial charge < -0.3 is 19.7 Å². The van der Waals surface area contributed by atoms with Gasteiger partial charge in [0.15, 0.2) is 0 Å². The maximum absolute atomic E-state index is 12.8. The Bertz CT molecular complexity index is 689. The summed E-state index contributed by atoms with van der Waals surface area (Å²) in [4.78, 5) is 26.9. The maximum Gasteiger partial charge on any atom is 0.307 e. The van der Waals surface area contributed by atoms with Gasteiger partial charge in [-0.25, -0.2) is 0 Å². The van der Waals surface area contributed by atoms with Crippen molar-refractivity contribution >= 4 is 17.6 Å². The van der Waals surface area contributed by atoms with E-state index in [1.807, 2.05) is 24.3 Å². The molecular formula is C21H28N2O4. The number of anilines is 1. The van der Waals surface area contributed by atoms with Crippen molar-refractivity contribution in [3.63, 3.8) is 0 Å². The Morgan fingerprint density at radius 3 is 2.52 bits per heavy atom. The predicted octanol–water partition coefficient (Wildman–Crippen LogP) is 2.97. The topological polar surface area (TPSA) is 67.9 Å². The number of piperidine rings is 1.